The Morgan fingerprint density at radius 3 is 0.944 bits per heavy atom. The lowest BCUT2D eigenvalue weighted by molar-refractivity contribution is 0.270. The minimum absolute atomic E-state index is 1.10. The minimum atomic E-state index is 1.10. The lowest BCUT2D eigenvalue weighted by atomic mass is 10.1. The van der Waals surface area contributed by atoms with Crippen LogP contribution >= 0.6 is 0 Å². The van der Waals surface area contributed by atoms with E-state index in [4.69, 9.17) is 0 Å². The maximum atomic E-state index is 2.62. The molecule has 0 unspecified atom stereocenters. The molecule has 2 heteroatoms. The van der Waals surface area contributed by atoms with Crippen LogP contribution in [-0.4, -0.2) is 36.0 Å². The molecule has 0 saturated carbocycles. The van der Waals surface area contributed by atoms with Crippen LogP contribution in [-0.2, 0) is 13.1 Å². The third kappa shape index (κ3) is 18.4. The van der Waals surface area contributed by atoms with Gasteiger partial charge in [-0.05, 0) is 50.1 Å². The first-order valence-corrected chi connectivity index (χ1v) is 16.3. The van der Waals surface area contributed by atoms with E-state index in [-0.39, 0.29) is 0 Å². The van der Waals surface area contributed by atoms with Gasteiger partial charge in [-0.25, -0.2) is 0 Å². The third-order valence-corrected chi connectivity index (χ3v) is 7.89. The molecule has 0 bridgehead atoms. The normalized spacial score (nSPS) is 11.7. The van der Waals surface area contributed by atoms with Crippen LogP contribution in [0.3, 0.4) is 0 Å². The maximum Gasteiger partial charge on any atom is 0.0233 e. The molecule has 0 aromatic heterocycles. The van der Waals surface area contributed by atoms with Gasteiger partial charge in [-0.15, -0.1) is 0 Å². The molecule has 210 valence electrons. The Balaban J connectivity index is 2.19. The van der Waals surface area contributed by atoms with E-state index in [2.05, 4.69) is 61.8 Å². The Hall–Kier alpha value is -0.860. The van der Waals surface area contributed by atoms with E-state index in [0.29, 0.717) is 0 Å². The van der Waals surface area contributed by atoms with Crippen molar-refractivity contribution in [3.05, 3.63) is 35.4 Å². The van der Waals surface area contributed by atoms with E-state index >= 15 is 0 Å². The van der Waals surface area contributed by atoms with Gasteiger partial charge in [0.1, 0.15) is 0 Å². The highest BCUT2D eigenvalue weighted by molar-refractivity contribution is 5.22. The quantitative estimate of drug-likeness (QED) is 0.117. The summed E-state index contributed by atoms with van der Waals surface area (Å²) in [5, 5.41) is 0. The highest BCUT2D eigenvalue weighted by Crippen LogP contribution is 2.14. The van der Waals surface area contributed by atoms with E-state index in [1.165, 1.54) is 140 Å². The van der Waals surface area contributed by atoms with Gasteiger partial charge in [0.15, 0.2) is 0 Å². The second-order valence-corrected chi connectivity index (χ2v) is 11.2. The van der Waals surface area contributed by atoms with Gasteiger partial charge < -0.3 is 0 Å². The largest absolute Gasteiger partial charge is 0.299 e. The Kier molecular flexibility index (Phi) is 22.6. The van der Waals surface area contributed by atoms with Gasteiger partial charge in [-0.1, -0.05) is 155 Å². The van der Waals surface area contributed by atoms with Crippen molar-refractivity contribution in [2.24, 2.45) is 0 Å². The zero-order valence-corrected chi connectivity index (χ0v) is 25.2. The summed E-state index contributed by atoms with van der Waals surface area (Å²) in [6, 6.07) is 9.50. The fourth-order valence-electron chi connectivity index (χ4n) is 5.26. The molecule has 0 heterocycles. The second-order valence-electron chi connectivity index (χ2n) is 11.2. The van der Waals surface area contributed by atoms with Crippen LogP contribution in [0, 0.1) is 0 Å². The SMILES string of the molecule is CCCCCCCCCCCN(CC)Cc1ccc(CN(CC)CCCCCCCCCCC)cc1. The monoisotopic (exact) mass is 501 g/mol. The average molecular weight is 501 g/mol. The number of benzene rings is 1. The summed E-state index contributed by atoms with van der Waals surface area (Å²) < 4.78 is 0. The molecule has 0 atom stereocenters. The molecule has 1 rings (SSSR count). The maximum absolute atomic E-state index is 2.62. The minimum Gasteiger partial charge on any atom is -0.299 e. The van der Waals surface area contributed by atoms with Crippen LogP contribution in [0.1, 0.15) is 154 Å². The smallest absolute Gasteiger partial charge is 0.0233 e. The van der Waals surface area contributed by atoms with Gasteiger partial charge in [-0.2, -0.15) is 0 Å². The summed E-state index contributed by atoms with van der Waals surface area (Å²) >= 11 is 0. The van der Waals surface area contributed by atoms with Crippen LogP contribution in [0.15, 0.2) is 24.3 Å². The van der Waals surface area contributed by atoms with Crippen molar-refractivity contribution in [2.75, 3.05) is 26.2 Å². The van der Waals surface area contributed by atoms with Crippen LogP contribution in [0.4, 0.5) is 0 Å². The summed E-state index contributed by atoms with van der Waals surface area (Å²) in [4.78, 5) is 5.25. The zero-order valence-electron chi connectivity index (χ0n) is 25.2. The predicted octanol–water partition coefficient (Wildman–Crippen LogP) is 10.4. The van der Waals surface area contributed by atoms with Crippen molar-refractivity contribution in [1.82, 2.24) is 9.80 Å². The molecule has 0 fully saturated rings. The molecule has 1 aromatic carbocycles. The van der Waals surface area contributed by atoms with E-state index < -0.39 is 0 Å². The van der Waals surface area contributed by atoms with Gasteiger partial charge in [0.2, 0.25) is 0 Å². The van der Waals surface area contributed by atoms with E-state index in [1.54, 1.807) is 0 Å². The molecule has 0 N–H and O–H groups in total. The number of unbranched alkanes of at least 4 members (excludes halogenated alkanes) is 16. The van der Waals surface area contributed by atoms with Crippen molar-refractivity contribution in [3.63, 3.8) is 0 Å². The topological polar surface area (TPSA) is 6.48 Å². The highest BCUT2D eigenvalue weighted by Gasteiger charge is 2.07. The molecule has 1 aromatic rings. The van der Waals surface area contributed by atoms with Gasteiger partial charge in [0, 0.05) is 13.1 Å². The molecular weight excluding hydrogens is 436 g/mol. The van der Waals surface area contributed by atoms with Crippen LogP contribution in [0.5, 0.6) is 0 Å². The molecule has 36 heavy (non-hydrogen) atoms. The highest BCUT2D eigenvalue weighted by atomic mass is 15.1. The van der Waals surface area contributed by atoms with Gasteiger partial charge in [-0.3, -0.25) is 9.80 Å². The molecule has 2 nitrogen and oxygen atoms in total. The number of nitrogens with zero attached hydrogens (tertiary/aromatic N) is 2. The van der Waals surface area contributed by atoms with Crippen molar-refractivity contribution >= 4 is 0 Å². The standard InChI is InChI=1S/C34H64N2/c1-5-9-11-13-15-17-19-21-23-29-35(7-3)31-33-25-27-34(28-26-33)32-36(8-4)30-24-22-20-18-16-14-12-10-6-2/h25-28H,5-24,29-32H2,1-4H3. The summed E-state index contributed by atoms with van der Waals surface area (Å²) in [7, 11) is 0. The first-order chi connectivity index (χ1) is 17.7. The molecule has 0 spiro atoms. The predicted molar refractivity (Wildman–Crippen MR) is 163 cm³/mol. The first kappa shape index (κ1) is 33.2. The van der Waals surface area contributed by atoms with Crippen molar-refractivity contribution in [3.8, 4) is 0 Å². The van der Waals surface area contributed by atoms with Crippen molar-refractivity contribution < 1.29 is 0 Å². The summed E-state index contributed by atoms with van der Waals surface area (Å²) in [6.45, 7) is 16.2. The number of rotatable bonds is 26. The molecule has 0 aliphatic rings. The molecule has 0 amide bonds. The average Bonchev–Trinajstić information content (AvgIpc) is 2.90. The molecule has 0 aliphatic carbocycles. The van der Waals surface area contributed by atoms with Crippen LogP contribution < -0.4 is 0 Å². The van der Waals surface area contributed by atoms with Crippen molar-refractivity contribution in [1.29, 1.82) is 0 Å². The summed E-state index contributed by atoms with van der Waals surface area (Å²) in [6.07, 6.45) is 25.4. The Morgan fingerprint density at radius 2 is 0.667 bits per heavy atom. The van der Waals surface area contributed by atoms with E-state index in [0.717, 1.165) is 26.2 Å². The van der Waals surface area contributed by atoms with Crippen molar-refractivity contribution in [2.45, 2.75) is 156 Å². The summed E-state index contributed by atoms with van der Waals surface area (Å²) in [5.74, 6) is 0. The fraction of sp³-hybridized carbons (Fsp3) is 0.824. The fourth-order valence-corrected chi connectivity index (χ4v) is 5.26. The molecule has 0 radical (unpaired) electrons. The molecule has 0 saturated heterocycles. The second kappa shape index (κ2) is 24.5. The third-order valence-electron chi connectivity index (χ3n) is 7.89. The Morgan fingerprint density at radius 1 is 0.389 bits per heavy atom. The lowest BCUT2D eigenvalue weighted by Crippen LogP contribution is -2.25. The lowest BCUT2D eigenvalue weighted by Gasteiger charge is -2.22. The Labute approximate surface area is 227 Å². The van der Waals surface area contributed by atoms with E-state index in [9.17, 15) is 0 Å². The molecule has 0 aliphatic heterocycles. The summed E-state index contributed by atoms with van der Waals surface area (Å²) in [5.41, 5.74) is 2.94. The number of hydrogen-bond donors (Lipinski definition) is 0. The van der Waals surface area contributed by atoms with Gasteiger partial charge in [0.05, 0.1) is 0 Å². The van der Waals surface area contributed by atoms with Crippen LogP contribution in [0.2, 0.25) is 0 Å². The number of hydrogen-bond acceptors (Lipinski definition) is 2. The van der Waals surface area contributed by atoms with Gasteiger partial charge >= 0.3 is 0 Å². The van der Waals surface area contributed by atoms with Crippen LogP contribution in [0.25, 0.3) is 0 Å². The first-order valence-electron chi connectivity index (χ1n) is 16.3. The Bertz CT molecular complexity index is 516. The zero-order chi connectivity index (χ0) is 26.1. The van der Waals surface area contributed by atoms with E-state index in [1.807, 2.05) is 0 Å². The molecular formula is C34H64N2. The van der Waals surface area contributed by atoms with Gasteiger partial charge in [0.25, 0.3) is 0 Å².